The molecule has 0 heterocycles. The highest BCUT2D eigenvalue weighted by Crippen LogP contribution is 2.23. The first kappa shape index (κ1) is 17.1. The van der Waals surface area contributed by atoms with Crippen molar-refractivity contribution in [2.75, 3.05) is 7.11 Å². The number of benzene rings is 2. The zero-order chi connectivity index (χ0) is 17.1. The summed E-state index contributed by atoms with van der Waals surface area (Å²) in [6.45, 7) is 10.2. The minimum absolute atomic E-state index is 0.0378. The number of methoxy groups -OCH3 is 1. The molecule has 0 radical (unpaired) electrons. The summed E-state index contributed by atoms with van der Waals surface area (Å²) in [5.41, 5.74) is 6.48. The first-order chi connectivity index (χ1) is 10.8. The molecule has 1 unspecified atom stereocenters. The third kappa shape index (κ3) is 3.73. The van der Waals surface area contributed by atoms with E-state index in [1.807, 2.05) is 26.0 Å². The number of hydrogen-bond acceptors (Lipinski definition) is 2. The normalized spacial score (nSPS) is 11.9. The molecule has 3 heteroatoms. The molecule has 0 aliphatic heterocycles. The van der Waals surface area contributed by atoms with E-state index >= 15 is 0 Å². The standard InChI is InChI=1S/C20H25NO2/c1-12-9-14(3)18(11-13(12)2)16(5)21-20(22)17-7-8-19(23-6)15(4)10-17/h7-11,16H,1-6H3,(H,21,22). The maximum absolute atomic E-state index is 12.5. The van der Waals surface area contributed by atoms with Crippen LogP contribution in [0.1, 0.15) is 51.1 Å². The lowest BCUT2D eigenvalue weighted by Gasteiger charge is -2.19. The maximum Gasteiger partial charge on any atom is 0.251 e. The molecule has 0 saturated heterocycles. The van der Waals surface area contributed by atoms with Crippen molar-refractivity contribution in [1.29, 1.82) is 0 Å². The number of nitrogens with one attached hydrogen (secondary N) is 1. The third-order valence-electron chi connectivity index (χ3n) is 4.35. The largest absolute Gasteiger partial charge is 0.496 e. The highest BCUT2D eigenvalue weighted by atomic mass is 16.5. The van der Waals surface area contributed by atoms with E-state index in [-0.39, 0.29) is 11.9 Å². The van der Waals surface area contributed by atoms with Crippen LogP contribution in [0.4, 0.5) is 0 Å². The second kappa shape index (κ2) is 6.86. The fourth-order valence-electron chi connectivity index (χ4n) is 2.83. The molecule has 2 rings (SSSR count). The molecule has 0 spiro atoms. The topological polar surface area (TPSA) is 38.3 Å². The van der Waals surface area contributed by atoms with Crippen LogP contribution in [0.3, 0.4) is 0 Å². The van der Waals surface area contributed by atoms with Crippen molar-refractivity contribution in [2.45, 2.75) is 40.7 Å². The van der Waals surface area contributed by atoms with Crippen molar-refractivity contribution in [3.63, 3.8) is 0 Å². The fraction of sp³-hybridized carbons (Fsp3) is 0.350. The molecule has 1 amide bonds. The first-order valence-electron chi connectivity index (χ1n) is 7.86. The first-order valence-corrected chi connectivity index (χ1v) is 7.86. The lowest BCUT2D eigenvalue weighted by atomic mass is 9.96. The van der Waals surface area contributed by atoms with Crippen LogP contribution in [0.2, 0.25) is 0 Å². The summed E-state index contributed by atoms with van der Waals surface area (Å²) >= 11 is 0. The summed E-state index contributed by atoms with van der Waals surface area (Å²) in [5.74, 6) is 0.723. The van der Waals surface area contributed by atoms with Gasteiger partial charge >= 0.3 is 0 Å². The van der Waals surface area contributed by atoms with E-state index < -0.39 is 0 Å². The van der Waals surface area contributed by atoms with E-state index in [9.17, 15) is 4.79 Å². The number of hydrogen-bond donors (Lipinski definition) is 1. The molecule has 0 aromatic heterocycles. The Kier molecular flexibility index (Phi) is 5.09. The molecule has 0 aliphatic rings. The van der Waals surface area contributed by atoms with E-state index in [1.54, 1.807) is 13.2 Å². The van der Waals surface area contributed by atoms with Gasteiger partial charge < -0.3 is 10.1 Å². The Balaban J connectivity index is 2.20. The SMILES string of the molecule is COc1ccc(C(=O)NC(C)c2cc(C)c(C)cc2C)cc1C. The van der Waals surface area contributed by atoms with Crippen LogP contribution in [0, 0.1) is 27.7 Å². The monoisotopic (exact) mass is 311 g/mol. The van der Waals surface area contributed by atoms with Crippen molar-refractivity contribution < 1.29 is 9.53 Å². The van der Waals surface area contributed by atoms with Gasteiger partial charge in [-0.3, -0.25) is 4.79 Å². The molecule has 122 valence electrons. The average Bonchev–Trinajstić information content (AvgIpc) is 2.50. The minimum Gasteiger partial charge on any atom is -0.496 e. The van der Waals surface area contributed by atoms with Gasteiger partial charge in [0.25, 0.3) is 5.91 Å². The number of rotatable bonds is 4. The Morgan fingerprint density at radius 3 is 2.22 bits per heavy atom. The lowest BCUT2D eigenvalue weighted by Crippen LogP contribution is -2.27. The molecule has 2 aromatic rings. The summed E-state index contributed by atoms with van der Waals surface area (Å²) in [7, 11) is 1.63. The molecule has 0 bridgehead atoms. The zero-order valence-corrected chi connectivity index (χ0v) is 14.8. The van der Waals surface area contributed by atoms with Crippen molar-refractivity contribution >= 4 is 5.91 Å². The van der Waals surface area contributed by atoms with Crippen LogP contribution in [0.15, 0.2) is 30.3 Å². The smallest absolute Gasteiger partial charge is 0.251 e. The second-order valence-electron chi connectivity index (χ2n) is 6.17. The van der Waals surface area contributed by atoms with Gasteiger partial charge in [0.1, 0.15) is 5.75 Å². The lowest BCUT2D eigenvalue weighted by molar-refractivity contribution is 0.0939. The average molecular weight is 311 g/mol. The zero-order valence-electron chi connectivity index (χ0n) is 14.8. The molecule has 0 fully saturated rings. The molecule has 1 atom stereocenters. The molecule has 1 N–H and O–H groups in total. The van der Waals surface area contributed by atoms with Crippen LogP contribution in [-0.2, 0) is 0 Å². The summed E-state index contributed by atoms with van der Waals surface area (Å²) < 4.78 is 5.24. The van der Waals surface area contributed by atoms with Gasteiger partial charge in [-0.25, -0.2) is 0 Å². The van der Waals surface area contributed by atoms with E-state index in [0.717, 1.165) is 16.9 Å². The van der Waals surface area contributed by atoms with E-state index in [2.05, 4.69) is 38.2 Å². The Morgan fingerprint density at radius 1 is 0.957 bits per heavy atom. The Bertz CT molecular complexity index is 735. The van der Waals surface area contributed by atoms with Gasteiger partial charge in [0.2, 0.25) is 0 Å². The Labute approximate surface area is 138 Å². The van der Waals surface area contributed by atoms with Gasteiger partial charge in [-0.15, -0.1) is 0 Å². The van der Waals surface area contributed by atoms with Gasteiger partial charge in [0, 0.05) is 5.56 Å². The fourth-order valence-corrected chi connectivity index (χ4v) is 2.83. The highest BCUT2D eigenvalue weighted by molar-refractivity contribution is 5.94. The summed E-state index contributed by atoms with van der Waals surface area (Å²) in [5, 5.41) is 3.08. The molecule has 3 nitrogen and oxygen atoms in total. The van der Waals surface area contributed by atoms with Gasteiger partial charge in [-0.1, -0.05) is 12.1 Å². The van der Waals surface area contributed by atoms with Crippen LogP contribution in [0.25, 0.3) is 0 Å². The van der Waals surface area contributed by atoms with Gasteiger partial charge in [0.15, 0.2) is 0 Å². The Hall–Kier alpha value is -2.29. The van der Waals surface area contributed by atoms with E-state index in [0.29, 0.717) is 5.56 Å². The van der Waals surface area contributed by atoms with Crippen molar-refractivity contribution in [2.24, 2.45) is 0 Å². The Morgan fingerprint density at radius 2 is 1.61 bits per heavy atom. The van der Waals surface area contributed by atoms with Crippen molar-refractivity contribution in [3.05, 3.63) is 63.7 Å². The molecule has 23 heavy (non-hydrogen) atoms. The molecular weight excluding hydrogens is 286 g/mol. The van der Waals surface area contributed by atoms with Crippen LogP contribution >= 0.6 is 0 Å². The van der Waals surface area contributed by atoms with Gasteiger partial charge in [-0.2, -0.15) is 0 Å². The van der Waals surface area contributed by atoms with E-state index in [4.69, 9.17) is 4.74 Å². The number of carbonyl (C=O) groups excluding carboxylic acids is 1. The number of ether oxygens (including phenoxy) is 1. The van der Waals surface area contributed by atoms with Crippen LogP contribution < -0.4 is 10.1 Å². The summed E-state index contributed by atoms with van der Waals surface area (Å²) in [6, 6.07) is 9.77. The van der Waals surface area contributed by atoms with Crippen molar-refractivity contribution in [1.82, 2.24) is 5.32 Å². The molecule has 0 aliphatic carbocycles. The number of carbonyl (C=O) groups is 1. The highest BCUT2D eigenvalue weighted by Gasteiger charge is 2.15. The predicted molar refractivity (Wildman–Crippen MR) is 94.3 cm³/mol. The predicted octanol–water partition coefficient (Wildman–Crippen LogP) is 4.42. The van der Waals surface area contributed by atoms with E-state index in [1.165, 1.54) is 16.7 Å². The maximum atomic E-state index is 12.5. The number of aryl methyl sites for hydroxylation is 4. The van der Waals surface area contributed by atoms with Crippen LogP contribution in [0.5, 0.6) is 5.75 Å². The quantitative estimate of drug-likeness (QED) is 0.907. The van der Waals surface area contributed by atoms with Gasteiger partial charge in [0.05, 0.1) is 13.2 Å². The summed E-state index contributed by atoms with van der Waals surface area (Å²) in [4.78, 5) is 12.5. The van der Waals surface area contributed by atoms with Crippen LogP contribution in [-0.4, -0.2) is 13.0 Å². The molecule has 0 saturated carbocycles. The molecule has 2 aromatic carbocycles. The van der Waals surface area contributed by atoms with Gasteiger partial charge in [-0.05, 0) is 80.6 Å². The van der Waals surface area contributed by atoms with Crippen molar-refractivity contribution in [3.8, 4) is 5.75 Å². The molecular formula is C20H25NO2. The summed E-state index contributed by atoms with van der Waals surface area (Å²) in [6.07, 6.45) is 0. The third-order valence-corrected chi connectivity index (χ3v) is 4.35. The minimum atomic E-state index is -0.0686. The second-order valence-corrected chi connectivity index (χ2v) is 6.17. The number of amides is 1.